The van der Waals surface area contributed by atoms with Gasteiger partial charge in [0.2, 0.25) is 5.91 Å². The van der Waals surface area contributed by atoms with E-state index in [0.717, 1.165) is 6.20 Å². The molecule has 3 aromatic heterocycles. The molecule has 1 saturated carbocycles. The minimum Gasteiger partial charge on any atom is -0.393 e. The smallest absolute Gasteiger partial charge is 0.295 e. The van der Waals surface area contributed by atoms with Gasteiger partial charge in [-0.25, -0.2) is 14.1 Å². The van der Waals surface area contributed by atoms with Crippen LogP contribution in [0.25, 0.3) is 16.7 Å². The van der Waals surface area contributed by atoms with Crippen molar-refractivity contribution in [1.29, 1.82) is 0 Å². The fourth-order valence-electron chi connectivity index (χ4n) is 4.74. The number of hydrogen-bond donors (Lipinski definition) is 2. The number of aliphatic hydroxyl groups excluding tert-OH is 1. The highest BCUT2D eigenvalue weighted by Gasteiger charge is 2.34. The Morgan fingerprint density at radius 2 is 1.76 bits per heavy atom. The van der Waals surface area contributed by atoms with Crippen molar-refractivity contribution in [2.24, 2.45) is 5.92 Å². The average Bonchev–Trinajstić information content (AvgIpc) is 3.55. The number of nitrogens with one attached hydrogen (secondary N) is 1. The first-order valence-corrected chi connectivity index (χ1v) is 11.3. The number of fused-ring (bicyclic) bond motifs is 1. The van der Waals surface area contributed by atoms with Gasteiger partial charge in [0.1, 0.15) is 0 Å². The van der Waals surface area contributed by atoms with E-state index < -0.39 is 17.5 Å². The van der Waals surface area contributed by atoms with Crippen LogP contribution in [0, 0.1) is 11.7 Å². The molecule has 0 aromatic carbocycles. The SMILES string of the molecule is O=C(C(=O)N1CCN(C(=O)C2CCC(O)CC2)CC1)c1c[nH]c2c(-n3ccnn3)ncc(F)c12. The first kappa shape index (κ1) is 22.1. The number of carbonyl (C=O) groups excluding carboxylic acids is 3. The van der Waals surface area contributed by atoms with Gasteiger partial charge in [0.15, 0.2) is 11.6 Å². The van der Waals surface area contributed by atoms with E-state index in [0.29, 0.717) is 38.8 Å². The Kier molecular flexibility index (Phi) is 5.82. The van der Waals surface area contributed by atoms with Crippen molar-refractivity contribution in [1.82, 2.24) is 34.8 Å². The molecule has 2 N–H and O–H groups in total. The molecule has 1 aliphatic carbocycles. The third kappa shape index (κ3) is 3.94. The number of Topliss-reactive ketones (excluding diaryl/α,β-unsaturated/α-hetero) is 1. The molecular weight excluding hydrogens is 445 g/mol. The van der Waals surface area contributed by atoms with Gasteiger partial charge in [-0.05, 0) is 25.7 Å². The van der Waals surface area contributed by atoms with Crippen LogP contribution in [0.15, 0.2) is 24.8 Å². The van der Waals surface area contributed by atoms with Crippen molar-refractivity contribution < 1.29 is 23.9 Å². The molecule has 1 aliphatic heterocycles. The van der Waals surface area contributed by atoms with Crippen molar-refractivity contribution >= 4 is 28.5 Å². The molecule has 0 spiro atoms. The highest BCUT2D eigenvalue weighted by atomic mass is 19.1. The number of pyridine rings is 1. The summed E-state index contributed by atoms with van der Waals surface area (Å²) in [5.41, 5.74) is 0.148. The van der Waals surface area contributed by atoms with E-state index in [1.165, 1.54) is 28.2 Å². The second kappa shape index (κ2) is 8.93. The zero-order chi connectivity index (χ0) is 23.8. The van der Waals surface area contributed by atoms with E-state index in [9.17, 15) is 23.9 Å². The van der Waals surface area contributed by atoms with E-state index in [-0.39, 0.29) is 53.3 Å². The van der Waals surface area contributed by atoms with Crippen molar-refractivity contribution in [3.63, 3.8) is 0 Å². The van der Waals surface area contributed by atoms with Gasteiger partial charge in [-0.3, -0.25) is 14.4 Å². The Morgan fingerprint density at radius 1 is 1.06 bits per heavy atom. The Labute approximate surface area is 193 Å². The molecule has 0 unspecified atom stereocenters. The van der Waals surface area contributed by atoms with Crippen molar-refractivity contribution in [2.75, 3.05) is 26.2 Å². The van der Waals surface area contributed by atoms with Gasteiger partial charge in [0.05, 0.1) is 41.2 Å². The van der Waals surface area contributed by atoms with Gasteiger partial charge >= 0.3 is 0 Å². The molecule has 0 bridgehead atoms. The fourth-order valence-corrected chi connectivity index (χ4v) is 4.74. The Hall–Kier alpha value is -3.67. The Balaban J connectivity index is 1.28. The molecule has 2 aliphatic rings. The summed E-state index contributed by atoms with van der Waals surface area (Å²) in [6.07, 6.45) is 7.49. The summed E-state index contributed by atoms with van der Waals surface area (Å²) >= 11 is 0. The number of nitrogens with zero attached hydrogens (tertiary/aromatic N) is 6. The van der Waals surface area contributed by atoms with Crippen LogP contribution in [-0.4, -0.2) is 89.7 Å². The topological polar surface area (TPSA) is 137 Å². The minimum atomic E-state index is -0.832. The summed E-state index contributed by atoms with van der Waals surface area (Å²) in [7, 11) is 0. The predicted octanol–water partition coefficient (Wildman–Crippen LogP) is 0.687. The number of aromatic nitrogens is 5. The number of carbonyl (C=O) groups is 3. The number of halogens is 1. The van der Waals surface area contributed by atoms with Crippen LogP contribution in [0.1, 0.15) is 36.0 Å². The number of aromatic amines is 1. The predicted molar refractivity (Wildman–Crippen MR) is 116 cm³/mol. The number of amides is 2. The maximum Gasteiger partial charge on any atom is 0.295 e. The number of H-pyrrole nitrogens is 1. The zero-order valence-corrected chi connectivity index (χ0v) is 18.4. The molecule has 4 heterocycles. The fraction of sp³-hybridized carbons (Fsp3) is 0.455. The lowest BCUT2D eigenvalue weighted by Crippen LogP contribution is -2.53. The Morgan fingerprint density at radius 3 is 2.44 bits per heavy atom. The Bertz CT molecular complexity index is 1230. The highest BCUT2D eigenvalue weighted by Crippen LogP contribution is 2.28. The lowest BCUT2D eigenvalue weighted by molar-refractivity contribution is -0.141. The standard InChI is InChI=1S/C22H24FN7O4/c23-16-12-25-20(30-6-5-26-27-30)18-17(16)15(11-24-18)19(32)22(34)29-9-7-28(8-10-29)21(33)13-1-3-14(31)4-2-13/h5-6,11-14,24,31H,1-4,7-10H2. The quantitative estimate of drug-likeness (QED) is 0.424. The summed E-state index contributed by atoms with van der Waals surface area (Å²) in [5, 5.41) is 17.2. The summed E-state index contributed by atoms with van der Waals surface area (Å²) < 4.78 is 16.0. The molecule has 0 radical (unpaired) electrons. The zero-order valence-electron chi connectivity index (χ0n) is 18.4. The van der Waals surface area contributed by atoms with Gasteiger partial charge in [-0.1, -0.05) is 5.21 Å². The number of hydrogen-bond acceptors (Lipinski definition) is 7. The second-order valence-electron chi connectivity index (χ2n) is 8.68. The van der Waals surface area contributed by atoms with Gasteiger partial charge < -0.3 is 19.9 Å². The molecule has 34 heavy (non-hydrogen) atoms. The van der Waals surface area contributed by atoms with Crippen molar-refractivity contribution in [3.8, 4) is 5.82 Å². The number of rotatable bonds is 4. The first-order chi connectivity index (χ1) is 16.4. The molecule has 0 atom stereocenters. The monoisotopic (exact) mass is 469 g/mol. The van der Waals surface area contributed by atoms with Gasteiger partial charge in [-0.2, -0.15) is 0 Å². The third-order valence-corrected chi connectivity index (χ3v) is 6.65. The van der Waals surface area contributed by atoms with Gasteiger partial charge in [0, 0.05) is 38.3 Å². The van der Waals surface area contributed by atoms with E-state index in [1.54, 1.807) is 4.90 Å². The van der Waals surface area contributed by atoms with E-state index >= 15 is 0 Å². The summed E-state index contributed by atoms with van der Waals surface area (Å²) in [4.78, 5) is 48.7. The summed E-state index contributed by atoms with van der Waals surface area (Å²) in [6.45, 7) is 1.11. The first-order valence-electron chi connectivity index (χ1n) is 11.3. The van der Waals surface area contributed by atoms with Crippen LogP contribution < -0.4 is 0 Å². The molecule has 12 heteroatoms. The van der Waals surface area contributed by atoms with Gasteiger partial charge in [-0.15, -0.1) is 5.10 Å². The molecule has 11 nitrogen and oxygen atoms in total. The molecule has 3 aromatic rings. The van der Waals surface area contributed by atoms with Crippen LogP contribution >= 0.6 is 0 Å². The van der Waals surface area contributed by atoms with Crippen LogP contribution in [-0.2, 0) is 9.59 Å². The number of aliphatic hydroxyl groups is 1. The van der Waals surface area contributed by atoms with E-state index in [1.807, 2.05) is 0 Å². The third-order valence-electron chi connectivity index (χ3n) is 6.65. The second-order valence-corrected chi connectivity index (χ2v) is 8.68. The van der Waals surface area contributed by atoms with E-state index in [2.05, 4.69) is 20.3 Å². The minimum absolute atomic E-state index is 0.0350. The van der Waals surface area contributed by atoms with Crippen LogP contribution in [0.4, 0.5) is 4.39 Å². The molecule has 178 valence electrons. The molecule has 1 saturated heterocycles. The number of piperazine rings is 1. The largest absolute Gasteiger partial charge is 0.393 e. The summed E-state index contributed by atoms with van der Waals surface area (Å²) in [5.74, 6) is -2.12. The van der Waals surface area contributed by atoms with Crippen LogP contribution in [0.2, 0.25) is 0 Å². The molecule has 2 fully saturated rings. The molecular formula is C22H24FN7O4. The normalized spacial score (nSPS) is 21.1. The summed E-state index contributed by atoms with van der Waals surface area (Å²) in [6, 6.07) is 0. The van der Waals surface area contributed by atoms with Crippen LogP contribution in [0.5, 0.6) is 0 Å². The van der Waals surface area contributed by atoms with Crippen molar-refractivity contribution in [2.45, 2.75) is 31.8 Å². The van der Waals surface area contributed by atoms with Crippen molar-refractivity contribution in [3.05, 3.63) is 36.2 Å². The van der Waals surface area contributed by atoms with E-state index in [4.69, 9.17) is 0 Å². The lowest BCUT2D eigenvalue weighted by atomic mass is 9.86. The van der Waals surface area contributed by atoms with Gasteiger partial charge in [0.25, 0.3) is 11.7 Å². The average molecular weight is 469 g/mol. The molecule has 2 amide bonds. The lowest BCUT2D eigenvalue weighted by Gasteiger charge is -2.37. The molecule has 5 rings (SSSR count). The highest BCUT2D eigenvalue weighted by molar-refractivity contribution is 6.45. The number of ketones is 1. The maximum absolute atomic E-state index is 14.6. The maximum atomic E-state index is 14.6. The van der Waals surface area contributed by atoms with Crippen LogP contribution in [0.3, 0.4) is 0 Å².